The summed E-state index contributed by atoms with van der Waals surface area (Å²) < 4.78 is 10.8. The van der Waals surface area contributed by atoms with Crippen molar-refractivity contribution in [1.29, 1.82) is 0 Å². The number of rotatable bonds is 11. The molecule has 0 heterocycles. The smallest absolute Gasteiger partial charge is 0.161 e. The highest BCUT2D eigenvalue weighted by atomic mass is 35.5. The first-order valence-corrected chi connectivity index (χ1v) is 7.13. The van der Waals surface area contributed by atoms with E-state index in [9.17, 15) is 0 Å². The molecule has 1 rings (SSSR count). The Morgan fingerprint density at radius 2 is 1.77 bits per heavy atom. The molecule has 0 fully saturated rings. The highest BCUT2D eigenvalue weighted by molar-refractivity contribution is 5.85. The molecule has 0 atom stereocenters. The van der Waals surface area contributed by atoms with E-state index in [2.05, 4.69) is 10.6 Å². The Kier molecular flexibility index (Phi) is 16.3. The van der Waals surface area contributed by atoms with Crippen LogP contribution in [0.3, 0.4) is 0 Å². The molecule has 0 aliphatic carbocycles. The fourth-order valence-corrected chi connectivity index (χ4v) is 1.87. The first-order valence-electron chi connectivity index (χ1n) is 7.13. The van der Waals surface area contributed by atoms with Gasteiger partial charge in [0, 0.05) is 13.1 Å². The topological polar surface area (TPSA) is 62.8 Å². The molecule has 5 nitrogen and oxygen atoms in total. The molecular weight excluding hydrogens is 327 g/mol. The Bertz CT molecular complexity index is 382. The van der Waals surface area contributed by atoms with Crippen molar-refractivity contribution in [2.24, 2.45) is 0 Å². The first-order chi connectivity index (χ1) is 9.81. The maximum Gasteiger partial charge on any atom is 0.161 e. The van der Waals surface area contributed by atoms with E-state index in [4.69, 9.17) is 14.6 Å². The third-order valence-corrected chi connectivity index (χ3v) is 2.85. The standard InChI is InChI=1S/C15H26N2O3.2ClH/c1-3-20-15-11-13(5-6-14(15)19-2)12-17-8-4-7-16-9-10-18;;/h5-6,11,16-18H,3-4,7-10,12H2,1-2H3;2*1H. The fourth-order valence-electron chi connectivity index (χ4n) is 1.87. The summed E-state index contributed by atoms with van der Waals surface area (Å²) in [5, 5.41) is 15.2. The average molecular weight is 355 g/mol. The Morgan fingerprint density at radius 1 is 1.05 bits per heavy atom. The highest BCUT2D eigenvalue weighted by Gasteiger charge is 2.04. The van der Waals surface area contributed by atoms with E-state index in [1.165, 1.54) is 5.56 Å². The average Bonchev–Trinajstić information content (AvgIpc) is 2.47. The van der Waals surface area contributed by atoms with E-state index in [-0.39, 0.29) is 31.4 Å². The predicted octanol–water partition coefficient (Wildman–Crippen LogP) is 2.00. The Morgan fingerprint density at radius 3 is 2.41 bits per heavy atom. The summed E-state index contributed by atoms with van der Waals surface area (Å²) in [6, 6.07) is 5.99. The summed E-state index contributed by atoms with van der Waals surface area (Å²) in [7, 11) is 1.65. The molecule has 0 saturated heterocycles. The Labute approximate surface area is 145 Å². The van der Waals surface area contributed by atoms with Crippen LogP contribution in [-0.4, -0.2) is 45.1 Å². The van der Waals surface area contributed by atoms with Gasteiger partial charge in [-0.3, -0.25) is 0 Å². The molecule has 0 spiro atoms. The van der Waals surface area contributed by atoms with Gasteiger partial charge in [0.05, 0.1) is 20.3 Å². The van der Waals surface area contributed by atoms with E-state index in [1.807, 2.05) is 25.1 Å². The Hall–Kier alpha value is -0.720. The van der Waals surface area contributed by atoms with Crippen molar-refractivity contribution in [2.75, 3.05) is 40.0 Å². The van der Waals surface area contributed by atoms with E-state index in [1.54, 1.807) is 7.11 Å². The summed E-state index contributed by atoms with van der Waals surface area (Å²) in [6.07, 6.45) is 1.04. The number of hydrogen-bond donors (Lipinski definition) is 3. The van der Waals surface area contributed by atoms with Gasteiger partial charge in [0.25, 0.3) is 0 Å². The van der Waals surface area contributed by atoms with E-state index in [0.717, 1.165) is 37.6 Å². The van der Waals surface area contributed by atoms with Crippen molar-refractivity contribution in [2.45, 2.75) is 19.9 Å². The van der Waals surface area contributed by atoms with Crippen molar-refractivity contribution < 1.29 is 14.6 Å². The predicted molar refractivity (Wildman–Crippen MR) is 94.9 cm³/mol. The van der Waals surface area contributed by atoms with Gasteiger partial charge in [-0.2, -0.15) is 0 Å². The minimum Gasteiger partial charge on any atom is -0.493 e. The van der Waals surface area contributed by atoms with Crippen molar-refractivity contribution in [3.05, 3.63) is 23.8 Å². The second-order valence-corrected chi connectivity index (χ2v) is 4.42. The van der Waals surface area contributed by atoms with E-state index in [0.29, 0.717) is 13.2 Å². The van der Waals surface area contributed by atoms with Crippen LogP contribution in [0.4, 0.5) is 0 Å². The van der Waals surface area contributed by atoms with E-state index < -0.39 is 0 Å². The summed E-state index contributed by atoms with van der Waals surface area (Å²) in [6.45, 7) is 6.11. The maximum atomic E-state index is 8.63. The molecule has 1 aromatic rings. The van der Waals surface area contributed by atoms with Gasteiger partial charge in [-0.05, 0) is 44.1 Å². The van der Waals surface area contributed by atoms with Crippen molar-refractivity contribution in [3.8, 4) is 11.5 Å². The fraction of sp³-hybridized carbons (Fsp3) is 0.600. The van der Waals surface area contributed by atoms with Crippen LogP contribution in [-0.2, 0) is 6.54 Å². The van der Waals surface area contributed by atoms with Crippen LogP contribution >= 0.6 is 24.8 Å². The normalized spacial score (nSPS) is 9.59. The molecule has 0 aliphatic heterocycles. The second-order valence-electron chi connectivity index (χ2n) is 4.42. The zero-order valence-electron chi connectivity index (χ0n) is 13.3. The molecule has 0 aromatic heterocycles. The number of aliphatic hydroxyl groups is 1. The number of hydrogen-bond acceptors (Lipinski definition) is 5. The van der Waals surface area contributed by atoms with Crippen LogP contribution in [0.5, 0.6) is 11.5 Å². The summed E-state index contributed by atoms with van der Waals surface area (Å²) >= 11 is 0. The van der Waals surface area contributed by atoms with Gasteiger partial charge in [-0.1, -0.05) is 6.07 Å². The van der Waals surface area contributed by atoms with Crippen molar-refractivity contribution >= 4 is 24.8 Å². The monoisotopic (exact) mass is 354 g/mol. The molecule has 0 saturated carbocycles. The molecule has 0 unspecified atom stereocenters. The molecular formula is C15H28Cl2N2O3. The van der Waals surface area contributed by atoms with Gasteiger partial charge < -0.3 is 25.2 Å². The van der Waals surface area contributed by atoms with Gasteiger partial charge in [-0.25, -0.2) is 0 Å². The van der Waals surface area contributed by atoms with Gasteiger partial charge >= 0.3 is 0 Å². The molecule has 22 heavy (non-hydrogen) atoms. The second kappa shape index (κ2) is 15.2. The number of halogens is 2. The lowest BCUT2D eigenvalue weighted by molar-refractivity contribution is 0.292. The maximum absolute atomic E-state index is 8.63. The highest BCUT2D eigenvalue weighted by Crippen LogP contribution is 2.27. The van der Waals surface area contributed by atoms with Gasteiger partial charge in [-0.15, -0.1) is 24.8 Å². The zero-order chi connectivity index (χ0) is 14.6. The number of methoxy groups -OCH3 is 1. The number of benzene rings is 1. The SMILES string of the molecule is CCOc1cc(CNCCCNCCO)ccc1OC.Cl.Cl. The quantitative estimate of drug-likeness (QED) is 0.530. The van der Waals surface area contributed by atoms with Crippen LogP contribution in [0.15, 0.2) is 18.2 Å². The number of nitrogens with one attached hydrogen (secondary N) is 2. The van der Waals surface area contributed by atoms with E-state index >= 15 is 0 Å². The van der Waals surface area contributed by atoms with Gasteiger partial charge in [0.1, 0.15) is 0 Å². The van der Waals surface area contributed by atoms with Crippen molar-refractivity contribution in [1.82, 2.24) is 10.6 Å². The molecule has 7 heteroatoms. The van der Waals surface area contributed by atoms with Crippen LogP contribution in [0.25, 0.3) is 0 Å². The first kappa shape index (κ1) is 23.5. The van der Waals surface area contributed by atoms with Crippen molar-refractivity contribution in [3.63, 3.8) is 0 Å². The largest absolute Gasteiger partial charge is 0.493 e. The number of aliphatic hydroxyl groups excluding tert-OH is 1. The lowest BCUT2D eigenvalue weighted by Gasteiger charge is -2.11. The van der Waals surface area contributed by atoms with Crippen LogP contribution in [0, 0.1) is 0 Å². The minimum absolute atomic E-state index is 0. The van der Waals surface area contributed by atoms with Crippen LogP contribution in [0.1, 0.15) is 18.9 Å². The van der Waals surface area contributed by atoms with Crippen LogP contribution in [0.2, 0.25) is 0 Å². The van der Waals surface area contributed by atoms with Crippen LogP contribution < -0.4 is 20.1 Å². The molecule has 1 aromatic carbocycles. The summed E-state index contributed by atoms with van der Waals surface area (Å²) in [5.74, 6) is 1.56. The van der Waals surface area contributed by atoms with Gasteiger partial charge in [0.15, 0.2) is 11.5 Å². The molecule has 0 radical (unpaired) electrons. The zero-order valence-corrected chi connectivity index (χ0v) is 14.9. The third kappa shape index (κ3) is 9.33. The lowest BCUT2D eigenvalue weighted by Crippen LogP contribution is -2.23. The van der Waals surface area contributed by atoms with Gasteiger partial charge in [0.2, 0.25) is 0 Å². The lowest BCUT2D eigenvalue weighted by atomic mass is 10.2. The molecule has 0 bridgehead atoms. The Balaban J connectivity index is 0. The minimum atomic E-state index is 0. The summed E-state index contributed by atoms with van der Waals surface area (Å²) in [4.78, 5) is 0. The molecule has 130 valence electrons. The third-order valence-electron chi connectivity index (χ3n) is 2.85. The molecule has 3 N–H and O–H groups in total. The number of ether oxygens (including phenoxy) is 2. The summed E-state index contributed by atoms with van der Waals surface area (Å²) in [5.41, 5.74) is 1.18. The molecule has 0 aliphatic rings. The molecule has 0 amide bonds.